The van der Waals surface area contributed by atoms with E-state index in [9.17, 15) is 0 Å². The monoisotopic (exact) mass is 244 g/mol. The third-order valence-electron chi connectivity index (χ3n) is 2.59. The number of aliphatic hydroxyl groups excluding tert-OH is 2. The van der Waals surface area contributed by atoms with Gasteiger partial charge in [-0.15, -0.1) is 0 Å². The van der Waals surface area contributed by atoms with Gasteiger partial charge in [-0.25, -0.2) is 0 Å². The van der Waals surface area contributed by atoms with Crippen LogP contribution < -0.4 is 0 Å². The molecule has 16 heavy (non-hydrogen) atoms. The SMILES string of the molecule is O[C@H]1C(O)(O)[C@H](O)C(O)(O)C(O)(O)C1(O)O. The van der Waals surface area contributed by atoms with Crippen molar-refractivity contribution < 1.29 is 51.1 Å². The highest BCUT2D eigenvalue weighted by atomic mass is 16.7. The molecule has 1 aliphatic rings. The van der Waals surface area contributed by atoms with Crippen LogP contribution in [0.2, 0.25) is 0 Å². The maximum atomic E-state index is 9.02. The van der Waals surface area contributed by atoms with Crippen molar-refractivity contribution in [3.05, 3.63) is 0 Å². The maximum absolute atomic E-state index is 9.02. The maximum Gasteiger partial charge on any atom is 0.280 e. The van der Waals surface area contributed by atoms with Gasteiger partial charge in [-0.05, 0) is 0 Å². The first kappa shape index (κ1) is 13.7. The Hall–Kier alpha value is -0.400. The lowest BCUT2D eigenvalue weighted by atomic mass is 9.74. The molecule has 1 aliphatic carbocycles. The number of rotatable bonds is 0. The second-order valence-electron chi connectivity index (χ2n) is 3.71. The molecule has 1 rings (SSSR count). The van der Waals surface area contributed by atoms with Crippen molar-refractivity contribution in [2.75, 3.05) is 0 Å². The van der Waals surface area contributed by atoms with Crippen molar-refractivity contribution in [3.8, 4) is 0 Å². The fourth-order valence-corrected chi connectivity index (χ4v) is 1.39. The summed E-state index contributed by atoms with van der Waals surface area (Å²) in [6, 6.07) is 0. The normalized spacial score (nSPS) is 39.4. The standard InChI is InChI=1S/C6H12O10/c7-1-3(9,10)2(8)5(13,14)6(15,16)4(1,11)12/h1-2,7-16H/t1-,2-/m0/s1. The third-order valence-corrected chi connectivity index (χ3v) is 2.59. The van der Waals surface area contributed by atoms with Gasteiger partial charge in [-0.2, -0.15) is 0 Å². The summed E-state index contributed by atoms with van der Waals surface area (Å²) >= 11 is 0. The largest absolute Gasteiger partial charge is 0.382 e. The molecule has 0 unspecified atom stereocenters. The average Bonchev–Trinajstić information content (AvgIpc) is 2.13. The molecule has 10 N–H and O–H groups in total. The minimum atomic E-state index is -4.23. The lowest BCUT2D eigenvalue weighted by Gasteiger charge is -2.55. The van der Waals surface area contributed by atoms with Gasteiger partial charge in [0.15, 0.2) is 12.2 Å². The highest BCUT2D eigenvalue weighted by Gasteiger charge is 2.78. The van der Waals surface area contributed by atoms with E-state index in [2.05, 4.69) is 0 Å². The summed E-state index contributed by atoms with van der Waals surface area (Å²) in [5.41, 5.74) is 0. The molecule has 10 heteroatoms. The lowest BCUT2D eigenvalue weighted by molar-refractivity contribution is -0.539. The topological polar surface area (TPSA) is 202 Å². The summed E-state index contributed by atoms with van der Waals surface area (Å²) in [6.45, 7) is 0. The summed E-state index contributed by atoms with van der Waals surface area (Å²) in [7, 11) is 0. The molecular formula is C6H12O10. The van der Waals surface area contributed by atoms with E-state index in [1.165, 1.54) is 0 Å². The van der Waals surface area contributed by atoms with Crippen LogP contribution in [-0.2, 0) is 0 Å². The van der Waals surface area contributed by atoms with Gasteiger partial charge in [0, 0.05) is 0 Å². The van der Waals surface area contributed by atoms with Gasteiger partial charge >= 0.3 is 0 Å². The first-order chi connectivity index (χ1) is 6.81. The van der Waals surface area contributed by atoms with E-state index in [-0.39, 0.29) is 0 Å². The van der Waals surface area contributed by atoms with E-state index < -0.39 is 35.4 Å². The predicted molar refractivity (Wildman–Crippen MR) is 40.7 cm³/mol. The fourth-order valence-electron chi connectivity index (χ4n) is 1.39. The van der Waals surface area contributed by atoms with Crippen LogP contribution in [0.5, 0.6) is 0 Å². The van der Waals surface area contributed by atoms with Crippen LogP contribution in [0.3, 0.4) is 0 Å². The van der Waals surface area contributed by atoms with Gasteiger partial charge in [-0.1, -0.05) is 0 Å². The van der Waals surface area contributed by atoms with Crippen LogP contribution >= 0.6 is 0 Å². The molecule has 0 heterocycles. The zero-order chi connectivity index (χ0) is 13.2. The quantitative estimate of drug-likeness (QED) is 0.182. The molecule has 0 spiro atoms. The minimum absolute atomic E-state index is 3.10. The molecule has 1 fully saturated rings. The lowest BCUT2D eigenvalue weighted by Crippen LogP contribution is -2.86. The Kier molecular flexibility index (Phi) is 2.63. The van der Waals surface area contributed by atoms with Crippen molar-refractivity contribution in [2.45, 2.75) is 35.4 Å². The third kappa shape index (κ3) is 1.25. The molecule has 0 aromatic heterocycles. The van der Waals surface area contributed by atoms with Crippen molar-refractivity contribution in [1.29, 1.82) is 0 Å². The van der Waals surface area contributed by atoms with Crippen LogP contribution in [0, 0.1) is 0 Å². The van der Waals surface area contributed by atoms with E-state index in [1.807, 2.05) is 0 Å². The van der Waals surface area contributed by atoms with E-state index in [0.29, 0.717) is 0 Å². The van der Waals surface area contributed by atoms with Crippen LogP contribution in [-0.4, -0.2) is 86.4 Å². The van der Waals surface area contributed by atoms with Crippen LogP contribution in [0.15, 0.2) is 0 Å². The van der Waals surface area contributed by atoms with Gasteiger partial charge in [0.25, 0.3) is 17.4 Å². The summed E-state index contributed by atoms with van der Waals surface area (Å²) < 4.78 is 0. The summed E-state index contributed by atoms with van der Waals surface area (Å²) in [6.07, 6.45) is -6.20. The molecule has 0 radical (unpaired) electrons. The van der Waals surface area contributed by atoms with Gasteiger partial charge < -0.3 is 51.1 Å². The molecule has 0 aliphatic heterocycles. The van der Waals surface area contributed by atoms with E-state index >= 15 is 0 Å². The Morgan fingerprint density at radius 1 is 0.562 bits per heavy atom. The van der Waals surface area contributed by atoms with Crippen LogP contribution in [0.4, 0.5) is 0 Å². The summed E-state index contributed by atoms with van der Waals surface area (Å²) in [4.78, 5) is 0. The van der Waals surface area contributed by atoms with Crippen molar-refractivity contribution in [1.82, 2.24) is 0 Å². The number of hydrogen-bond acceptors (Lipinski definition) is 10. The van der Waals surface area contributed by atoms with Gasteiger partial charge in [0.05, 0.1) is 0 Å². The second kappa shape index (κ2) is 3.08. The Balaban J connectivity index is 3.40. The molecular weight excluding hydrogens is 232 g/mol. The minimum Gasteiger partial charge on any atom is -0.382 e. The Bertz CT molecular complexity index is 268. The Morgan fingerprint density at radius 2 is 0.812 bits per heavy atom. The number of aliphatic hydroxyl groups is 10. The van der Waals surface area contributed by atoms with Crippen LogP contribution in [0.1, 0.15) is 0 Å². The summed E-state index contributed by atoms with van der Waals surface area (Å²) in [5.74, 6) is -16.2. The summed E-state index contributed by atoms with van der Waals surface area (Å²) in [5, 5.41) is 90.1. The first-order valence-electron chi connectivity index (χ1n) is 3.96. The van der Waals surface area contributed by atoms with E-state index in [1.54, 1.807) is 0 Å². The molecule has 0 aromatic carbocycles. The molecule has 0 aromatic rings. The van der Waals surface area contributed by atoms with Crippen molar-refractivity contribution in [2.24, 2.45) is 0 Å². The second-order valence-corrected chi connectivity index (χ2v) is 3.71. The molecule has 10 nitrogen and oxygen atoms in total. The smallest absolute Gasteiger partial charge is 0.280 e. The zero-order valence-corrected chi connectivity index (χ0v) is 7.63. The Morgan fingerprint density at radius 3 is 1.06 bits per heavy atom. The highest BCUT2D eigenvalue weighted by molar-refractivity contribution is 5.13. The molecule has 0 saturated heterocycles. The molecule has 1 saturated carbocycles. The van der Waals surface area contributed by atoms with Gasteiger partial charge in [-0.3, -0.25) is 0 Å². The molecule has 96 valence electrons. The first-order valence-corrected chi connectivity index (χ1v) is 3.96. The Labute approximate surface area is 87.5 Å². The zero-order valence-electron chi connectivity index (χ0n) is 7.63. The molecule has 0 amide bonds. The number of hydrogen-bond donors (Lipinski definition) is 10. The van der Waals surface area contributed by atoms with Crippen molar-refractivity contribution >= 4 is 0 Å². The van der Waals surface area contributed by atoms with Crippen LogP contribution in [0.25, 0.3) is 0 Å². The highest BCUT2D eigenvalue weighted by Crippen LogP contribution is 2.43. The van der Waals surface area contributed by atoms with E-state index in [4.69, 9.17) is 51.1 Å². The van der Waals surface area contributed by atoms with Crippen molar-refractivity contribution in [3.63, 3.8) is 0 Å². The molecule has 2 atom stereocenters. The van der Waals surface area contributed by atoms with E-state index in [0.717, 1.165) is 0 Å². The fraction of sp³-hybridized carbons (Fsp3) is 1.00. The average molecular weight is 244 g/mol. The van der Waals surface area contributed by atoms with Gasteiger partial charge in [0.2, 0.25) is 5.79 Å². The van der Waals surface area contributed by atoms with Gasteiger partial charge in [0.1, 0.15) is 0 Å². The molecule has 0 bridgehead atoms. The predicted octanol–water partition coefficient (Wildman–Crippen LogP) is -6.55.